The van der Waals surface area contributed by atoms with E-state index in [9.17, 15) is 9.90 Å². The first kappa shape index (κ1) is 14.9. The first-order valence-corrected chi connectivity index (χ1v) is 6.67. The highest BCUT2D eigenvalue weighted by Gasteiger charge is 2.13. The van der Waals surface area contributed by atoms with E-state index in [1.165, 1.54) is 12.1 Å². The molecule has 2 aromatic carbocycles. The van der Waals surface area contributed by atoms with Gasteiger partial charge in [0.1, 0.15) is 18.5 Å². The van der Waals surface area contributed by atoms with E-state index in [1.54, 1.807) is 12.1 Å². The molecule has 0 bridgehead atoms. The van der Waals surface area contributed by atoms with Gasteiger partial charge in [-0.3, -0.25) is 4.79 Å². The molecule has 2 rings (SSSR count). The lowest BCUT2D eigenvalue weighted by molar-refractivity contribution is 0.104. The van der Waals surface area contributed by atoms with Gasteiger partial charge in [0, 0.05) is 5.02 Å². The lowest BCUT2D eigenvalue weighted by Gasteiger charge is -2.15. The van der Waals surface area contributed by atoms with Crippen LogP contribution in [0.25, 0.3) is 0 Å². The summed E-state index contributed by atoms with van der Waals surface area (Å²) < 4.78 is 5.46. The molecule has 1 N–H and O–H groups in total. The molecule has 0 saturated carbocycles. The number of benzene rings is 2. The van der Waals surface area contributed by atoms with Crippen molar-refractivity contribution in [3.05, 3.63) is 63.6 Å². The van der Waals surface area contributed by atoms with Gasteiger partial charge in [0.2, 0.25) is 0 Å². The average Bonchev–Trinajstić information content (AvgIpc) is 2.46. The third kappa shape index (κ3) is 3.51. The maximum atomic E-state index is 11.0. The standard InChI is InChI=1S/C15H12Cl2O3/c16-12-6-11(8-18)15(13(17)7-12)20-9-14(19)10-4-2-1-3-5-10/h1-8,14,19H,9H2. The van der Waals surface area contributed by atoms with Gasteiger partial charge < -0.3 is 9.84 Å². The molecule has 20 heavy (non-hydrogen) atoms. The Morgan fingerprint density at radius 3 is 2.55 bits per heavy atom. The summed E-state index contributed by atoms with van der Waals surface area (Å²) in [6, 6.07) is 12.0. The molecule has 2 aromatic rings. The summed E-state index contributed by atoms with van der Waals surface area (Å²) in [4.78, 5) is 11.0. The van der Waals surface area contributed by atoms with Gasteiger partial charge in [-0.05, 0) is 17.7 Å². The van der Waals surface area contributed by atoms with Gasteiger partial charge in [-0.2, -0.15) is 0 Å². The fourth-order valence-corrected chi connectivity index (χ4v) is 2.32. The summed E-state index contributed by atoms with van der Waals surface area (Å²) in [5.41, 5.74) is 0.980. The molecule has 0 aliphatic rings. The molecule has 1 atom stereocenters. The van der Waals surface area contributed by atoms with Gasteiger partial charge in [-0.15, -0.1) is 0 Å². The number of aliphatic hydroxyl groups is 1. The predicted octanol–water partition coefficient (Wildman–Crippen LogP) is 3.92. The molecule has 0 radical (unpaired) electrons. The molecule has 0 aliphatic carbocycles. The first-order valence-electron chi connectivity index (χ1n) is 5.92. The molecular weight excluding hydrogens is 299 g/mol. The Morgan fingerprint density at radius 1 is 1.20 bits per heavy atom. The summed E-state index contributed by atoms with van der Waals surface area (Å²) in [5, 5.41) is 10.6. The van der Waals surface area contributed by atoms with E-state index in [0.717, 1.165) is 5.56 Å². The van der Waals surface area contributed by atoms with Crippen LogP contribution in [-0.4, -0.2) is 18.0 Å². The molecule has 5 heteroatoms. The zero-order chi connectivity index (χ0) is 14.5. The van der Waals surface area contributed by atoms with Crippen LogP contribution < -0.4 is 4.74 Å². The number of carbonyl (C=O) groups is 1. The molecule has 0 fully saturated rings. The number of hydrogen-bond acceptors (Lipinski definition) is 3. The number of hydrogen-bond donors (Lipinski definition) is 1. The van der Waals surface area contributed by atoms with E-state index in [4.69, 9.17) is 27.9 Å². The highest BCUT2D eigenvalue weighted by atomic mass is 35.5. The SMILES string of the molecule is O=Cc1cc(Cl)cc(Cl)c1OCC(O)c1ccccc1. The predicted molar refractivity (Wildman–Crippen MR) is 78.7 cm³/mol. The average molecular weight is 311 g/mol. The Bertz CT molecular complexity index is 600. The van der Waals surface area contributed by atoms with E-state index in [2.05, 4.69) is 0 Å². The van der Waals surface area contributed by atoms with Gasteiger partial charge in [0.05, 0.1) is 10.6 Å². The third-order valence-electron chi connectivity index (χ3n) is 2.73. The van der Waals surface area contributed by atoms with Gasteiger partial charge >= 0.3 is 0 Å². The van der Waals surface area contributed by atoms with Crippen molar-refractivity contribution >= 4 is 29.5 Å². The van der Waals surface area contributed by atoms with E-state index in [-0.39, 0.29) is 22.9 Å². The second-order valence-electron chi connectivity index (χ2n) is 4.16. The number of carbonyl (C=O) groups excluding carboxylic acids is 1. The van der Waals surface area contributed by atoms with E-state index >= 15 is 0 Å². The monoisotopic (exact) mass is 310 g/mol. The van der Waals surface area contributed by atoms with Crippen LogP contribution in [0.3, 0.4) is 0 Å². The second kappa shape index (κ2) is 6.75. The summed E-state index contributed by atoms with van der Waals surface area (Å²) in [6.07, 6.45) is -0.190. The molecule has 0 aliphatic heterocycles. The number of ether oxygens (including phenoxy) is 1. The van der Waals surface area contributed by atoms with Crippen LogP contribution in [0.4, 0.5) is 0 Å². The second-order valence-corrected chi connectivity index (χ2v) is 5.00. The lowest BCUT2D eigenvalue weighted by Crippen LogP contribution is -2.10. The van der Waals surface area contributed by atoms with E-state index in [1.807, 2.05) is 18.2 Å². The zero-order valence-electron chi connectivity index (χ0n) is 10.4. The van der Waals surface area contributed by atoms with Crippen LogP contribution in [0.5, 0.6) is 5.75 Å². The minimum atomic E-state index is -0.803. The Morgan fingerprint density at radius 2 is 1.90 bits per heavy atom. The summed E-state index contributed by atoms with van der Waals surface area (Å²) in [7, 11) is 0. The van der Waals surface area contributed by atoms with Crippen LogP contribution >= 0.6 is 23.2 Å². The highest BCUT2D eigenvalue weighted by Crippen LogP contribution is 2.32. The van der Waals surface area contributed by atoms with Crippen LogP contribution in [0.1, 0.15) is 22.0 Å². The fourth-order valence-electron chi connectivity index (χ4n) is 1.75. The van der Waals surface area contributed by atoms with Gasteiger partial charge in [-0.1, -0.05) is 53.5 Å². The van der Waals surface area contributed by atoms with E-state index in [0.29, 0.717) is 11.3 Å². The van der Waals surface area contributed by atoms with Crippen LogP contribution in [0.15, 0.2) is 42.5 Å². The maximum absolute atomic E-state index is 11.0. The van der Waals surface area contributed by atoms with Gasteiger partial charge in [-0.25, -0.2) is 0 Å². The molecule has 0 spiro atoms. The maximum Gasteiger partial charge on any atom is 0.153 e. The zero-order valence-corrected chi connectivity index (χ0v) is 11.9. The van der Waals surface area contributed by atoms with Crippen LogP contribution in [0.2, 0.25) is 10.0 Å². The summed E-state index contributed by atoms with van der Waals surface area (Å²) >= 11 is 11.8. The topological polar surface area (TPSA) is 46.5 Å². The largest absolute Gasteiger partial charge is 0.488 e. The number of aliphatic hydroxyl groups excluding tert-OH is 1. The summed E-state index contributed by atoms with van der Waals surface area (Å²) in [6.45, 7) is -0.00773. The minimum absolute atomic E-state index is 0.00773. The number of rotatable bonds is 5. The van der Waals surface area contributed by atoms with Crippen molar-refractivity contribution in [2.45, 2.75) is 6.10 Å². The van der Waals surface area contributed by atoms with E-state index < -0.39 is 6.10 Å². The lowest BCUT2D eigenvalue weighted by atomic mass is 10.1. The number of halogens is 2. The molecular formula is C15H12Cl2O3. The fraction of sp³-hybridized carbons (Fsp3) is 0.133. The molecule has 0 amide bonds. The Kier molecular flexibility index (Phi) is 5.01. The van der Waals surface area contributed by atoms with Gasteiger partial charge in [0.25, 0.3) is 0 Å². The Labute approximate surface area is 126 Å². The molecule has 0 aromatic heterocycles. The summed E-state index contributed by atoms with van der Waals surface area (Å²) in [5.74, 6) is 0.223. The molecule has 1 unspecified atom stereocenters. The van der Waals surface area contributed by atoms with Crippen molar-refractivity contribution in [2.24, 2.45) is 0 Å². The molecule has 3 nitrogen and oxygen atoms in total. The first-order chi connectivity index (χ1) is 9.61. The minimum Gasteiger partial charge on any atom is -0.488 e. The Balaban J connectivity index is 2.13. The van der Waals surface area contributed by atoms with Crippen molar-refractivity contribution in [1.82, 2.24) is 0 Å². The Hall–Kier alpha value is -1.55. The smallest absolute Gasteiger partial charge is 0.153 e. The molecule has 0 saturated heterocycles. The quantitative estimate of drug-likeness (QED) is 0.851. The molecule has 0 heterocycles. The highest BCUT2D eigenvalue weighted by molar-refractivity contribution is 6.36. The van der Waals surface area contributed by atoms with Gasteiger partial charge in [0.15, 0.2) is 6.29 Å². The van der Waals surface area contributed by atoms with Crippen LogP contribution in [-0.2, 0) is 0 Å². The van der Waals surface area contributed by atoms with Crippen molar-refractivity contribution in [2.75, 3.05) is 6.61 Å². The van der Waals surface area contributed by atoms with Crippen molar-refractivity contribution < 1.29 is 14.6 Å². The molecule has 104 valence electrons. The van der Waals surface area contributed by atoms with Crippen LogP contribution in [0, 0.1) is 0 Å². The third-order valence-corrected chi connectivity index (χ3v) is 3.23. The van der Waals surface area contributed by atoms with Crippen molar-refractivity contribution in [1.29, 1.82) is 0 Å². The number of aldehydes is 1. The normalized spacial score (nSPS) is 11.9. The van der Waals surface area contributed by atoms with Crippen molar-refractivity contribution in [3.63, 3.8) is 0 Å². The van der Waals surface area contributed by atoms with Crippen molar-refractivity contribution in [3.8, 4) is 5.75 Å².